The van der Waals surface area contributed by atoms with E-state index in [4.69, 9.17) is 9.15 Å². The molecule has 0 radical (unpaired) electrons. The van der Waals surface area contributed by atoms with Crippen molar-refractivity contribution in [1.29, 1.82) is 0 Å². The lowest BCUT2D eigenvalue weighted by Crippen LogP contribution is -2.41. The Bertz CT molecular complexity index is 1040. The van der Waals surface area contributed by atoms with Crippen LogP contribution < -0.4 is 10.2 Å². The van der Waals surface area contributed by atoms with E-state index < -0.39 is 17.8 Å². The zero-order chi connectivity index (χ0) is 18.6. The number of phenols is 1. The average molecular weight is 354 g/mol. The van der Waals surface area contributed by atoms with Crippen LogP contribution in [-0.4, -0.2) is 27.0 Å². The largest absolute Gasteiger partial charge is 0.508 e. The Morgan fingerprint density at radius 2 is 1.81 bits per heavy atom. The van der Waals surface area contributed by atoms with E-state index >= 15 is 0 Å². The maximum atomic E-state index is 12.9. The quantitative estimate of drug-likeness (QED) is 0.654. The Balaban J connectivity index is 1.86. The van der Waals surface area contributed by atoms with Crippen molar-refractivity contribution in [2.24, 2.45) is 0 Å². The second kappa shape index (κ2) is 5.59. The molecule has 0 aliphatic carbocycles. The molecule has 26 heavy (non-hydrogen) atoms. The van der Waals surface area contributed by atoms with Gasteiger partial charge in [0.15, 0.2) is 6.10 Å². The van der Waals surface area contributed by atoms with Crippen molar-refractivity contribution in [3.05, 3.63) is 58.4 Å². The van der Waals surface area contributed by atoms with Crippen LogP contribution in [0.25, 0.3) is 22.1 Å². The monoisotopic (exact) mass is 354 g/mol. The molecule has 2 heterocycles. The number of aromatic hydroxyl groups is 1. The van der Waals surface area contributed by atoms with Gasteiger partial charge in [0.2, 0.25) is 5.43 Å². The molecule has 1 aliphatic rings. The summed E-state index contributed by atoms with van der Waals surface area (Å²) in [4.78, 5) is 12.9. The van der Waals surface area contributed by atoms with Crippen LogP contribution >= 0.6 is 0 Å². The third-order valence-electron chi connectivity index (χ3n) is 4.64. The van der Waals surface area contributed by atoms with E-state index in [1.807, 2.05) is 0 Å². The number of fused-ring (bicyclic) bond motifs is 2. The van der Waals surface area contributed by atoms with E-state index in [9.17, 15) is 20.1 Å². The molecule has 4 rings (SSSR count). The van der Waals surface area contributed by atoms with Crippen LogP contribution in [0.1, 0.15) is 25.5 Å². The Morgan fingerprint density at radius 1 is 1.12 bits per heavy atom. The number of phenolic OH excluding ortho intramolecular Hbond substituents is 1. The molecule has 0 spiro atoms. The van der Waals surface area contributed by atoms with Crippen LogP contribution in [0.3, 0.4) is 0 Å². The first-order chi connectivity index (χ1) is 12.3. The van der Waals surface area contributed by atoms with Crippen molar-refractivity contribution in [3.63, 3.8) is 0 Å². The van der Waals surface area contributed by atoms with E-state index in [1.54, 1.807) is 38.1 Å². The van der Waals surface area contributed by atoms with Crippen molar-refractivity contribution in [1.82, 2.24) is 0 Å². The summed E-state index contributed by atoms with van der Waals surface area (Å²) < 4.78 is 11.3. The molecule has 6 nitrogen and oxygen atoms in total. The van der Waals surface area contributed by atoms with Gasteiger partial charge in [0.05, 0.1) is 16.6 Å². The fourth-order valence-electron chi connectivity index (χ4n) is 3.24. The van der Waals surface area contributed by atoms with Crippen molar-refractivity contribution in [2.45, 2.75) is 31.7 Å². The van der Waals surface area contributed by atoms with Gasteiger partial charge in [-0.1, -0.05) is 12.1 Å². The molecule has 0 saturated heterocycles. The molecule has 6 heteroatoms. The third kappa shape index (κ3) is 2.55. The van der Waals surface area contributed by atoms with Gasteiger partial charge in [-0.25, -0.2) is 0 Å². The lowest BCUT2D eigenvalue weighted by molar-refractivity contribution is -0.0762. The first kappa shape index (κ1) is 16.6. The highest BCUT2D eigenvalue weighted by Gasteiger charge is 2.42. The SMILES string of the molecule is CC(C)(O)C1Oc2cc3occ(-c4ccc(O)cc4)c(=O)c3cc2C1O. The maximum Gasteiger partial charge on any atom is 0.200 e. The number of aliphatic hydroxyl groups excluding tert-OH is 1. The predicted octanol–water partition coefficient (Wildman–Crippen LogP) is 2.73. The molecule has 1 aromatic heterocycles. The van der Waals surface area contributed by atoms with Crippen LogP contribution in [0.5, 0.6) is 11.5 Å². The fourth-order valence-corrected chi connectivity index (χ4v) is 3.24. The molecule has 2 aromatic carbocycles. The topological polar surface area (TPSA) is 100 Å². The normalized spacial score (nSPS) is 19.4. The van der Waals surface area contributed by atoms with E-state index in [-0.39, 0.29) is 11.2 Å². The van der Waals surface area contributed by atoms with Crippen LogP contribution in [-0.2, 0) is 0 Å². The zero-order valence-corrected chi connectivity index (χ0v) is 14.3. The molecule has 0 saturated carbocycles. The lowest BCUT2D eigenvalue weighted by Gasteiger charge is -2.27. The van der Waals surface area contributed by atoms with Gasteiger partial charge in [0.25, 0.3) is 0 Å². The van der Waals surface area contributed by atoms with Gasteiger partial charge in [0.1, 0.15) is 29.4 Å². The molecule has 1 aliphatic heterocycles. The first-order valence-electron chi connectivity index (χ1n) is 8.21. The van der Waals surface area contributed by atoms with Crippen LogP contribution in [0.2, 0.25) is 0 Å². The summed E-state index contributed by atoms with van der Waals surface area (Å²) in [5.74, 6) is 0.493. The van der Waals surface area contributed by atoms with Crippen LogP contribution in [0, 0.1) is 0 Å². The summed E-state index contributed by atoms with van der Waals surface area (Å²) in [7, 11) is 0. The summed E-state index contributed by atoms with van der Waals surface area (Å²) >= 11 is 0. The highest BCUT2D eigenvalue weighted by Crippen LogP contribution is 2.42. The van der Waals surface area contributed by atoms with E-state index in [2.05, 4.69) is 0 Å². The Morgan fingerprint density at radius 3 is 2.46 bits per heavy atom. The Labute approximate surface area is 148 Å². The second-order valence-corrected chi connectivity index (χ2v) is 7.05. The molecule has 2 unspecified atom stereocenters. The van der Waals surface area contributed by atoms with Crippen molar-refractivity contribution >= 4 is 11.0 Å². The number of rotatable bonds is 2. The number of hydrogen-bond acceptors (Lipinski definition) is 6. The summed E-state index contributed by atoms with van der Waals surface area (Å²) in [5, 5.41) is 30.4. The molecular formula is C20H18O6. The molecule has 0 amide bonds. The maximum absolute atomic E-state index is 12.9. The Hall–Kier alpha value is -2.83. The zero-order valence-electron chi connectivity index (χ0n) is 14.3. The minimum Gasteiger partial charge on any atom is -0.508 e. The number of benzene rings is 2. The van der Waals surface area contributed by atoms with Crippen molar-refractivity contribution < 1.29 is 24.5 Å². The molecule has 3 aromatic rings. The second-order valence-electron chi connectivity index (χ2n) is 7.05. The van der Waals surface area contributed by atoms with Gasteiger partial charge >= 0.3 is 0 Å². The smallest absolute Gasteiger partial charge is 0.200 e. The van der Waals surface area contributed by atoms with Gasteiger partial charge in [-0.3, -0.25) is 4.79 Å². The van der Waals surface area contributed by atoms with Gasteiger partial charge in [-0.15, -0.1) is 0 Å². The number of hydrogen-bond donors (Lipinski definition) is 3. The fraction of sp³-hybridized carbons (Fsp3) is 0.250. The van der Waals surface area contributed by atoms with Crippen LogP contribution in [0.15, 0.2) is 51.9 Å². The molecule has 3 N–H and O–H groups in total. The highest BCUT2D eigenvalue weighted by atomic mass is 16.5. The minimum absolute atomic E-state index is 0.106. The van der Waals surface area contributed by atoms with E-state index in [0.717, 1.165) is 0 Å². The van der Waals surface area contributed by atoms with Gasteiger partial charge in [-0.2, -0.15) is 0 Å². The molecule has 2 atom stereocenters. The Kier molecular flexibility index (Phi) is 3.57. The molecular weight excluding hydrogens is 336 g/mol. The average Bonchev–Trinajstić information content (AvgIpc) is 2.91. The number of ether oxygens (including phenoxy) is 1. The highest BCUT2D eigenvalue weighted by molar-refractivity contribution is 5.84. The van der Waals surface area contributed by atoms with Crippen LogP contribution in [0.4, 0.5) is 0 Å². The molecule has 134 valence electrons. The van der Waals surface area contributed by atoms with Crippen molar-refractivity contribution in [2.75, 3.05) is 0 Å². The predicted molar refractivity (Wildman–Crippen MR) is 95.3 cm³/mol. The van der Waals surface area contributed by atoms with Gasteiger partial charge < -0.3 is 24.5 Å². The summed E-state index contributed by atoms with van der Waals surface area (Å²) in [6, 6.07) is 9.35. The first-order valence-corrected chi connectivity index (χ1v) is 8.21. The van der Waals surface area contributed by atoms with Crippen molar-refractivity contribution in [3.8, 4) is 22.6 Å². The van der Waals surface area contributed by atoms with Gasteiger partial charge in [0, 0.05) is 11.6 Å². The standard InChI is InChI=1S/C20H18O6/c1-20(2,24)19-18(23)13-7-12-15(8-16(13)26-19)25-9-14(17(12)22)10-3-5-11(21)6-4-10/h3-9,18-19,21,23-24H,1-2H3. The van der Waals surface area contributed by atoms with E-state index in [1.165, 1.54) is 18.4 Å². The number of aliphatic hydroxyl groups is 2. The third-order valence-corrected chi connectivity index (χ3v) is 4.64. The molecule has 0 bridgehead atoms. The summed E-state index contributed by atoms with van der Waals surface area (Å²) in [6.45, 7) is 3.11. The van der Waals surface area contributed by atoms with E-state index in [0.29, 0.717) is 33.4 Å². The lowest BCUT2D eigenvalue weighted by atomic mass is 9.94. The molecule has 0 fully saturated rings. The summed E-state index contributed by atoms with van der Waals surface area (Å²) in [6.07, 6.45) is -0.519. The van der Waals surface area contributed by atoms with Gasteiger partial charge in [-0.05, 0) is 37.6 Å². The summed E-state index contributed by atoms with van der Waals surface area (Å²) in [5.41, 5.74) is 0.243. The minimum atomic E-state index is -1.25.